The third kappa shape index (κ3) is 3.05. The Balaban J connectivity index is 2.11. The summed E-state index contributed by atoms with van der Waals surface area (Å²) in [4.78, 5) is 4.22. The Labute approximate surface area is 109 Å². The van der Waals surface area contributed by atoms with Crippen LogP contribution in [-0.2, 0) is 6.42 Å². The lowest BCUT2D eigenvalue weighted by molar-refractivity contribution is 0.377. The van der Waals surface area contributed by atoms with E-state index in [0.29, 0.717) is 23.7 Å². The van der Waals surface area contributed by atoms with Gasteiger partial charge in [-0.1, -0.05) is 23.7 Å². The average molecular weight is 270 g/mol. The summed E-state index contributed by atoms with van der Waals surface area (Å²) in [7, 11) is 0. The topological polar surface area (TPSA) is 51.0 Å². The molecule has 2 aromatic rings. The van der Waals surface area contributed by atoms with E-state index in [1.165, 1.54) is 12.1 Å². The van der Waals surface area contributed by atoms with Crippen molar-refractivity contribution in [3.8, 4) is 11.4 Å². The van der Waals surface area contributed by atoms with Crippen molar-refractivity contribution < 1.29 is 8.91 Å². The zero-order valence-electron chi connectivity index (χ0n) is 9.91. The number of halogens is 2. The maximum absolute atomic E-state index is 13.0. The summed E-state index contributed by atoms with van der Waals surface area (Å²) >= 11 is 5.70. The van der Waals surface area contributed by atoms with Gasteiger partial charge in [0.15, 0.2) is 0 Å². The molecule has 1 aromatic carbocycles. The van der Waals surface area contributed by atoms with Crippen LogP contribution in [0.1, 0.15) is 12.8 Å². The first kappa shape index (κ1) is 13.0. The third-order valence-electron chi connectivity index (χ3n) is 2.41. The molecule has 0 saturated heterocycles. The van der Waals surface area contributed by atoms with Gasteiger partial charge in [0.1, 0.15) is 5.82 Å². The molecule has 96 valence electrons. The Morgan fingerprint density at radius 1 is 1.44 bits per heavy atom. The highest BCUT2D eigenvalue weighted by Crippen LogP contribution is 2.22. The summed E-state index contributed by atoms with van der Waals surface area (Å²) in [5, 5.41) is 7.05. The van der Waals surface area contributed by atoms with E-state index >= 15 is 0 Å². The highest BCUT2D eigenvalue weighted by Gasteiger charge is 2.10. The summed E-state index contributed by atoms with van der Waals surface area (Å²) in [6.45, 7) is 3.70. The average Bonchev–Trinajstić information content (AvgIpc) is 2.82. The fraction of sp³-hybridized carbons (Fsp3) is 0.333. The van der Waals surface area contributed by atoms with Gasteiger partial charge in [-0.15, -0.1) is 0 Å². The molecule has 0 aliphatic carbocycles. The molecule has 0 amide bonds. The number of aromatic nitrogens is 2. The number of nitrogens with one attached hydrogen (secondary N) is 1. The molecule has 1 heterocycles. The van der Waals surface area contributed by atoms with Gasteiger partial charge >= 0.3 is 0 Å². The fourth-order valence-electron chi connectivity index (χ4n) is 1.48. The Hall–Kier alpha value is -1.46. The molecule has 1 N–H and O–H groups in total. The fourth-order valence-corrected chi connectivity index (χ4v) is 1.66. The smallest absolute Gasteiger partial charge is 0.228 e. The van der Waals surface area contributed by atoms with Crippen LogP contribution in [0.15, 0.2) is 22.7 Å². The monoisotopic (exact) mass is 269 g/mol. The lowest BCUT2D eigenvalue weighted by Crippen LogP contribution is -2.16. The van der Waals surface area contributed by atoms with E-state index in [4.69, 9.17) is 16.1 Å². The molecule has 0 saturated carbocycles. The first-order valence-corrected chi connectivity index (χ1v) is 6.07. The van der Waals surface area contributed by atoms with Crippen LogP contribution in [-0.4, -0.2) is 23.2 Å². The number of benzene rings is 1. The molecule has 0 radical (unpaired) electrons. The van der Waals surface area contributed by atoms with Crippen molar-refractivity contribution in [3.05, 3.63) is 34.9 Å². The lowest BCUT2D eigenvalue weighted by atomic mass is 10.2. The molecular weight excluding hydrogens is 257 g/mol. The molecule has 6 heteroatoms. The Morgan fingerprint density at radius 3 is 3.00 bits per heavy atom. The first-order valence-electron chi connectivity index (χ1n) is 5.69. The highest BCUT2D eigenvalue weighted by atomic mass is 35.5. The minimum atomic E-state index is -0.462. The second-order valence-electron chi connectivity index (χ2n) is 3.74. The number of rotatable bonds is 5. The first-order chi connectivity index (χ1) is 8.70. The molecule has 0 spiro atoms. The van der Waals surface area contributed by atoms with Crippen LogP contribution in [0.4, 0.5) is 4.39 Å². The van der Waals surface area contributed by atoms with E-state index in [1.807, 2.05) is 6.92 Å². The Kier molecular flexibility index (Phi) is 4.28. The summed E-state index contributed by atoms with van der Waals surface area (Å²) in [5.74, 6) is 0.506. The standard InChI is InChI=1S/C12H13ClFN3O/c1-2-15-6-5-11-16-12(17-18-11)8-3-4-10(14)9(13)7-8/h3-4,7,15H,2,5-6H2,1H3. The third-order valence-corrected chi connectivity index (χ3v) is 2.70. The maximum atomic E-state index is 13.0. The molecule has 2 rings (SSSR count). The largest absolute Gasteiger partial charge is 0.339 e. The van der Waals surface area contributed by atoms with Crippen molar-refractivity contribution in [1.82, 2.24) is 15.5 Å². The van der Waals surface area contributed by atoms with Gasteiger partial charge in [0.05, 0.1) is 5.02 Å². The number of hydrogen-bond donors (Lipinski definition) is 1. The van der Waals surface area contributed by atoms with Crippen LogP contribution in [0.25, 0.3) is 11.4 Å². The zero-order valence-corrected chi connectivity index (χ0v) is 10.7. The highest BCUT2D eigenvalue weighted by molar-refractivity contribution is 6.31. The van der Waals surface area contributed by atoms with Gasteiger partial charge in [-0.25, -0.2) is 4.39 Å². The Morgan fingerprint density at radius 2 is 2.28 bits per heavy atom. The molecular formula is C12H13ClFN3O. The van der Waals surface area contributed by atoms with E-state index < -0.39 is 5.82 Å². The normalized spacial score (nSPS) is 10.8. The predicted octanol–water partition coefficient (Wildman–Crippen LogP) is 2.68. The molecule has 1 aromatic heterocycles. The Bertz CT molecular complexity index is 530. The minimum absolute atomic E-state index is 0.0477. The SMILES string of the molecule is CCNCCc1nc(-c2ccc(F)c(Cl)c2)no1. The summed E-state index contributed by atoms with van der Waals surface area (Å²) < 4.78 is 18.1. The van der Waals surface area contributed by atoms with Crippen LogP contribution in [0.5, 0.6) is 0 Å². The van der Waals surface area contributed by atoms with Gasteiger partial charge in [0.2, 0.25) is 11.7 Å². The van der Waals surface area contributed by atoms with E-state index in [2.05, 4.69) is 15.5 Å². The van der Waals surface area contributed by atoms with Crippen LogP contribution < -0.4 is 5.32 Å². The molecule has 0 atom stereocenters. The van der Waals surface area contributed by atoms with Gasteiger partial charge in [0.25, 0.3) is 0 Å². The molecule has 4 nitrogen and oxygen atoms in total. The van der Waals surface area contributed by atoms with E-state index in [1.54, 1.807) is 6.07 Å². The summed E-state index contributed by atoms with van der Waals surface area (Å²) in [6, 6.07) is 4.34. The van der Waals surface area contributed by atoms with E-state index in [9.17, 15) is 4.39 Å². The molecule has 0 fully saturated rings. The van der Waals surface area contributed by atoms with Crippen molar-refractivity contribution in [2.24, 2.45) is 0 Å². The van der Waals surface area contributed by atoms with Crippen molar-refractivity contribution in [2.45, 2.75) is 13.3 Å². The summed E-state index contributed by atoms with van der Waals surface area (Å²) in [6.07, 6.45) is 0.662. The second kappa shape index (κ2) is 5.93. The number of hydrogen-bond acceptors (Lipinski definition) is 4. The zero-order chi connectivity index (χ0) is 13.0. The van der Waals surface area contributed by atoms with Gasteiger partial charge in [-0.3, -0.25) is 0 Å². The van der Waals surface area contributed by atoms with Crippen LogP contribution >= 0.6 is 11.6 Å². The molecule has 0 bridgehead atoms. The van der Waals surface area contributed by atoms with Crippen LogP contribution in [0.3, 0.4) is 0 Å². The summed E-state index contributed by atoms with van der Waals surface area (Å²) in [5.41, 5.74) is 0.639. The number of nitrogens with zero attached hydrogens (tertiary/aromatic N) is 2. The lowest BCUT2D eigenvalue weighted by Gasteiger charge is -1.97. The minimum Gasteiger partial charge on any atom is -0.339 e. The second-order valence-corrected chi connectivity index (χ2v) is 4.15. The molecule has 18 heavy (non-hydrogen) atoms. The van der Waals surface area contributed by atoms with Crippen molar-refractivity contribution in [1.29, 1.82) is 0 Å². The molecule has 0 aliphatic heterocycles. The van der Waals surface area contributed by atoms with Crippen LogP contribution in [0.2, 0.25) is 5.02 Å². The molecule has 0 unspecified atom stereocenters. The van der Waals surface area contributed by atoms with Gasteiger partial charge < -0.3 is 9.84 Å². The van der Waals surface area contributed by atoms with Gasteiger partial charge in [0, 0.05) is 18.5 Å². The van der Waals surface area contributed by atoms with E-state index in [0.717, 1.165) is 13.1 Å². The maximum Gasteiger partial charge on any atom is 0.228 e. The van der Waals surface area contributed by atoms with Gasteiger partial charge in [-0.2, -0.15) is 4.98 Å². The van der Waals surface area contributed by atoms with E-state index in [-0.39, 0.29) is 5.02 Å². The van der Waals surface area contributed by atoms with Crippen molar-refractivity contribution >= 4 is 11.6 Å². The quantitative estimate of drug-likeness (QED) is 0.848. The molecule has 0 aliphatic rings. The number of likely N-dealkylation sites (N-methyl/N-ethyl adjacent to an activating group) is 1. The van der Waals surface area contributed by atoms with Crippen LogP contribution in [0, 0.1) is 5.82 Å². The van der Waals surface area contributed by atoms with Crippen molar-refractivity contribution in [3.63, 3.8) is 0 Å². The predicted molar refractivity (Wildman–Crippen MR) is 66.9 cm³/mol. The van der Waals surface area contributed by atoms with Gasteiger partial charge in [-0.05, 0) is 24.7 Å². The van der Waals surface area contributed by atoms with Crippen molar-refractivity contribution in [2.75, 3.05) is 13.1 Å².